The largest absolute Gasteiger partial charge is 0.494 e. The number of anilines is 1. The Morgan fingerprint density at radius 2 is 2.31 bits per heavy atom. The highest BCUT2D eigenvalue weighted by Crippen LogP contribution is 2.18. The van der Waals surface area contributed by atoms with E-state index < -0.39 is 0 Å². The molecule has 0 aliphatic heterocycles. The third-order valence-corrected chi connectivity index (χ3v) is 2.36. The molecule has 0 bridgehead atoms. The molecular formula is C14H21NO. The summed E-state index contributed by atoms with van der Waals surface area (Å²) in [5.41, 5.74) is 1.11. The molecule has 1 rings (SSSR count). The van der Waals surface area contributed by atoms with Crippen LogP contribution in [0.25, 0.3) is 0 Å². The number of hydrogen-bond acceptors (Lipinski definition) is 2. The van der Waals surface area contributed by atoms with E-state index in [1.54, 1.807) is 0 Å². The van der Waals surface area contributed by atoms with E-state index in [2.05, 4.69) is 24.9 Å². The van der Waals surface area contributed by atoms with Crippen LogP contribution in [0.1, 0.15) is 26.7 Å². The minimum Gasteiger partial charge on any atom is -0.494 e. The molecule has 0 heterocycles. The van der Waals surface area contributed by atoms with Gasteiger partial charge in [0.25, 0.3) is 0 Å². The van der Waals surface area contributed by atoms with Crippen LogP contribution in [0.3, 0.4) is 0 Å². The lowest BCUT2D eigenvalue weighted by Crippen LogP contribution is -2.14. The SMILES string of the molecule is C=CCCC(C)Nc1cccc(OCC)c1. The molecule has 2 heteroatoms. The van der Waals surface area contributed by atoms with Crippen LogP contribution < -0.4 is 10.1 Å². The van der Waals surface area contributed by atoms with Gasteiger partial charge >= 0.3 is 0 Å². The molecule has 1 N–H and O–H groups in total. The molecule has 0 radical (unpaired) electrons. The molecule has 2 nitrogen and oxygen atoms in total. The summed E-state index contributed by atoms with van der Waals surface area (Å²) in [7, 11) is 0. The number of benzene rings is 1. The minimum absolute atomic E-state index is 0.454. The summed E-state index contributed by atoms with van der Waals surface area (Å²) in [5, 5.41) is 3.45. The average molecular weight is 219 g/mol. The number of allylic oxidation sites excluding steroid dienone is 1. The second-order valence-corrected chi connectivity index (χ2v) is 3.87. The van der Waals surface area contributed by atoms with Crippen molar-refractivity contribution in [1.29, 1.82) is 0 Å². The lowest BCUT2D eigenvalue weighted by atomic mass is 10.1. The predicted octanol–water partition coefficient (Wildman–Crippen LogP) is 3.85. The molecule has 1 aromatic carbocycles. The van der Waals surface area contributed by atoms with Crippen molar-refractivity contribution >= 4 is 5.69 Å². The van der Waals surface area contributed by atoms with Gasteiger partial charge in [0.2, 0.25) is 0 Å². The van der Waals surface area contributed by atoms with Crippen molar-refractivity contribution in [3.05, 3.63) is 36.9 Å². The zero-order chi connectivity index (χ0) is 11.8. The third kappa shape index (κ3) is 4.39. The second kappa shape index (κ2) is 6.94. The molecule has 0 fully saturated rings. The Morgan fingerprint density at radius 1 is 1.50 bits per heavy atom. The molecule has 88 valence electrons. The molecule has 1 aromatic rings. The lowest BCUT2D eigenvalue weighted by Gasteiger charge is -2.15. The van der Waals surface area contributed by atoms with E-state index in [4.69, 9.17) is 4.74 Å². The van der Waals surface area contributed by atoms with Crippen molar-refractivity contribution < 1.29 is 4.74 Å². The van der Waals surface area contributed by atoms with E-state index in [1.165, 1.54) is 0 Å². The van der Waals surface area contributed by atoms with Crippen molar-refractivity contribution in [2.75, 3.05) is 11.9 Å². The Labute approximate surface area is 98.3 Å². The van der Waals surface area contributed by atoms with Crippen LogP contribution in [0.5, 0.6) is 5.75 Å². The molecule has 0 saturated heterocycles. The van der Waals surface area contributed by atoms with Crippen LogP contribution in [-0.2, 0) is 0 Å². The first kappa shape index (κ1) is 12.6. The quantitative estimate of drug-likeness (QED) is 0.703. The third-order valence-electron chi connectivity index (χ3n) is 2.36. The highest BCUT2D eigenvalue weighted by atomic mass is 16.5. The number of nitrogens with one attached hydrogen (secondary N) is 1. The second-order valence-electron chi connectivity index (χ2n) is 3.87. The van der Waals surface area contributed by atoms with Crippen molar-refractivity contribution in [3.63, 3.8) is 0 Å². The van der Waals surface area contributed by atoms with Gasteiger partial charge in [0.1, 0.15) is 5.75 Å². The summed E-state index contributed by atoms with van der Waals surface area (Å²) < 4.78 is 5.45. The summed E-state index contributed by atoms with van der Waals surface area (Å²) in [5.74, 6) is 0.920. The fourth-order valence-electron chi connectivity index (χ4n) is 1.57. The van der Waals surface area contributed by atoms with Crippen LogP contribution in [0.15, 0.2) is 36.9 Å². The number of rotatable bonds is 7. The van der Waals surface area contributed by atoms with Gasteiger partial charge in [0, 0.05) is 17.8 Å². The van der Waals surface area contributed by atoms with E-state index in [1.807, 2.05) is 31.2 Å². The lowest BCUT2D eigenvalue weighted by molar-refractivity contribution is 0.340. The molecule has 0 aliphatic carbocycles. The topological polar surface area (TPSA) is 21.3 Å². The van der Waals surface area contributed by atoms with Crippen LogP contribution in [0, 0.1) is 0 Å². The van der Waals surface area contributed by atoms with E-state index in [9.17, 15) is 0 Å². The fraction of sp³-hybridized carbons (Fsp3) is 0.429. The van der Waals surface area contributed by atoms with E-state index in [-0.39, 0.29) is 0 Å². The summed E-state index contributed by atoms with van der Waals surface area (Å²) >= 11 is 0. The highest BCUT2D eigenvalue weighted by Gasteiger charge is 2.01. The van der Waals surface area contributed by atoms with E-state index in [0.717, 1.165) is 24.3 Å². The van der Waals surface area contributed by atoms with Crippen LogP contribution >= 0.6 is 0 Å². The van der Waals surface area contributed by atoms with Crippen LogP contribution in [0.4, 0.5) is 5.69 Å². The zero-order valence-electron chi connectivity index (χ0n) is 10.2. The first-order chi connectivity index (χ1) is 7.76. The molecule has 1 atom stereocenters. The predicted molar refractivity (Wildman–Crippen MR) is 70.1 cm³/mol. The molecule has 1 unspecified atom stereocenters. The Bertz CT molecular complexity index is 322. The maximum absolute atomic E-state index is 5.45. The summed E-state index contributed by atoms with van der Waals surface area (Å²) in [6.07, 6.45) is 4.09. The van der Waals surface area contributed by atoms with Gasteiger partial charge in [-0.2, -0.15) is 0 Å². The average Bonchev–Trinajstić information content (AvgIpc) is 2.27. The van der Waals surface area contributed by atoms with Crippen molar-refractivity contribution in [3.8, 4) is 5.75 Å². The van der Waals surface area contributed by atoms with Crippen molar-refractivity contribution in [2.24, 2.45) is 0 Å². The normalized spacial score (nSPS) is 11.9. The van der Waals surface area contributed by atoms with Gasteiger partial charge in [-0.15, -0.1) is 6.58 Å². The molecular weight excluding hydrogens is 198 g/mol. The monoisotopic (exact) mass is 219 g/mol. The molecule has 0 aliphatic rings. The van der Waals surface area contributed by atoms with Crippen LogP contribution in [0.2, 0.25) is 0 Å². The Kier molecular flexibility index (Phi) is 5.48. The highest BCUT2D eigenvalue weighted by molar-refractivity contribution is 5.48. The number of ether oxygens (including phenoxy) is 1. The molecule has 0 saturated carbocycles. The van der Waals surface area contributed by atoms with E-state index in [0.29, 0.717) is 12.6 Å². The molecule has 0 spiro atoms. The van der Waals surface area contributed by atoms with E-state index >= 15 is 0 Å². The Hall–Kier alpha value is -1.44. The first-order valence-corrected chi connectivity index (χ1v) is 5.86. The molecule has 16 heavy (non-hydrogen) atoms. The van der Waals surface area contributed by atoms with Gasteiger partial charge in [0.15, 0.2) is 0 Å². The maximum Gasteiger partial charge on any atom is 0.121 e. The zero-order valence-corrected chi connectivity index (χ0v) is 10.2. The van der Waals surface area contributed by atoms with Gasteiger partial charge in [-0.05, 0) is 38.8 Å². The van der Waals surface area contributed by atoms with Crippen LogP contribution in [-0.4, -0.2) is 12.6 Å². The summed E-state index contributed by atoms with van der Waals surface area (Å²) in [6.45, 7) is 8.60. The van der Waals surface area contributed by atoms with Gasteiger partial charge in [-0.25, -0.2) is 0 Å². The Balaban J connectivity index is 2.52. The first-order valence-electron chi connectivity index (χ1n) is 5.86. The van der Waals surface area contributed by atoms with Gasteiger partial charge < -0.3 is 10.1 Å². The number of hydrogen-bond donors (Lipinski definition) is 1. The smallest absolute Gasteiger partial charge is 0.121 e. The van der Waals surface area contributed by atoms with Gasteiger partial charge in [-0.3, -0.25) is 0 Å². The van der Waals surface area contributed by atoms with Crippen molar-refractivity contribution in [1.82, 2.24) is 0 Å². The molecule has 0 aromatic heterocycles. The fourth-order valence-corrected chi connectivity index (χ4v) is 1.57. The molecule has 0 amide bonds. The van der Waals surface area contributed by atoms with Gasteiger partial charge in [0.05, 0.1) is 6.61 Å². The standard InChI is InChI=1S/C14H21NO/c1-4-6-8-12(3)15-13-9-7-10-14(11-13)16-5-2/h4,7,9-12,15H,1,5-6,8H2,2-3H3. The summed E-state index contributed by atoms with van der Waals surface area (Å²) in [6, 6.07) is 8.53. The maximum atomic E-state index is 5.45. The van der Waals surface area contributed by atoms with Crippen molar-refractivity contribution in [2.45, 2.75) is 32.7 Å². The summed E-state index contributed by atoms with van der Waals surface area (Å²) in [4.78, 5) is 0. The Morgan fingerprint density at radius 3 is 3.00 bits per heavy atom. The van der Waals surface area contributed by atoms with Gasteiger partial charge in [-0.1, -0.05) is 12.1 Å². The minimum atomic E-state index is 0.454.